The number of benzene rings is 1. The van der Waals surface area contributed by atoms with Crippen molar-refractivity contribution >= 4 is 16.9 Å². The normalized spacial score (nSPS) is 11.2. The molecule has 108 valence electrons. The summed E-state index contributed by atoms with van der Waals surface area (Å²) in [6, 6.07) is 4.01. The predicted octanol–water partition coefficient (Wildman–Crippen LogP) is 4.40. The van der Waals surface area contributed by atoms with Crippen LogP contribution in [0.4, 0.5) is 0 Å². The van der Waals surface area contributed by atoms with Gasteiger partial charge in [0.1, 0.15) is 0 Å². The average molecular weight is 273 g/mol. The molecule has 0 radical (unpaired) electrons. The zero-order valence-corrected chi connectivity index (χ0v) is 12.6. The van der Waals surface area contributed by atoms with Crippen LogP contribution < -0.4 is 0 Å². The number of fused-ring (bicyclic) bond motifs is 1. The van der Waals surface area contributed by atoms with Crippen molar-refractivity contribution in [3.63, 3.8) is 0 Å². The fourth-order valence-electron chi connectivity index (χ4n) is 2.83. The molecule has 2 aromatic rings. The van der Waals surface area contributed by atoms with E-state index in [1.54, 1.807) is 0 Å². The second-order valence-electron chi connectivity index (χ2n) is 5.41. The number of hydrogen-bond donors (Lipinski definition) is 1. The molecular formula is C17H23NO2. The van der Waals surface area contributed by atoms with Crippen LogP contribution in [0.1, 0.15) is 54.6 Å². The molecule has 20 heavy (non-hydrogen) atoms. The monoisotopic (exact) mass is 273 g/mol. The molecular weight excluding hydrogens is 250 g/mol. The largest absolute Gasteiger partial charge is 0.478 e. The van der Waals surface area contributed by atoms with Crippen molar-refractivity contribution in [2.45, 2.75) is 53.0 Å². The van der Waals surface area contributed by atoms with Crippen molar-refractivity contribution in [2.75, 3.05) is 0 Å². The van der Waals surface area contributed by atoms with Gasteiger partial charge in [-0.25, -0.2) is 4.79 Å². The van der Waals surface area contributed by atoms with Gasteiger partial charge in [0.05, 0.1) is 11.1 Å². The summed E-state index contributed by atoms with van der Waals surface area (Å²) in [4.78, 5) is 11.6. The Morgan fingerprint density at radius 1 is 1.25 bits per heavy atom. The number of unbranched alkanes of at least 4 members (excludes halogenated alkanes) is 1. The van der Waals surface area contributed by atoms with E-state index in [0.717, 1.165) is 48.7 Å². The van der Waals surface area contributed by atoms with Crippen molar-refractivity contribution in [1.82, 2.24) is 4.57 Å². The van der Waals surface area contributed by atoms with Gasteiger partial charge >= 0.3 is 5.97 Å². The third-order valence-corrected chi connectivity index (χ3v) is 3.81. The molecule has 2 rings (SSSR count). The maximum atomic E-state index is 11.6. The van der Waals surface area contributed by atoms with E-state index in [-0.39, 0.29) is 0 Å². The topological polar surface area (TPSA) is 42.2 Å². The Morgan fingerprint density at radius 3 is 2.60 bits per heavy atom. The van der Waals surface area contributed by atoms with Crippen LogP contribution >= 0.6 is 0 Å². The lowest BCUT2D eigenvalue weighted by Gasteiger charge is -2.08. The first-order chi connectivity index (χ1) is 9.60. The number of carboxylic acids is 1. The lowest BCUT2D eigenvalue weighted by atomic mass is 10.0. The first-order valence-electron chi connectivity index (χ1n) is 7.44. The number of aryl methyl sites for hydroxylation is 3. The summed E-state index contributed by atoms with van der Waals surface area (Å²) in [5.41, 5.74) is 3.46. The van der Waals surface area contributed by atoms with Gasteiger partial charge in [-0.05, 0) is 37.3 Å². The van der Waals surface area contributed by atoms with E-state index >= 15 is 0 Å². The summed E-state index contributed by atoms with van der Waals surface area (Å²) in [5, 5.41) is 10.6. The molecule has 1 N–H and O–H groups in total. The highest BCUT2D eigenvalue weighted by Gasteiger charge is 2.18. The van der Waals surface area contributed by atoms with Gasteiger partial charge in [0, 0.05) is 18.1 Å². The summed E-state index contributed by atoms with van der Waals surface area (Å²) in [5.74, 6) is -0.828. The minimum absolute atomic E-state index is 0.457. The van der Waals surface area contributed by atoms with E-state index in [9.17, 15) is 9.90 Å². The van der Waals surface area contributed by atoms with E-state index in [0.29, 0.717) is 5.56 Å². The summed E-state index contributed by atoms with van der Waals surface area (Å²) in [7, 11) is 0. The molecule has 0 saturated carbocycles. The molecule has 0 unspecified atom stereocenters. The molecule has 0 amide bonds. The van der Waals surface area contributed by atoms with E-state index in [1.165, 1.54) is 5.56 Å². The van der Waals surface area contributed by atoms with Crippen molar-refractivity contribution < 1.29 is 9.90 Å². The minimum Gasteiger partial charge on any atom is -0.478 e. The quantitative estimate of drug-likeness (QED) is 0.847. The van der Waals surface area contributed by atoms with Crippen LogP contribution in [0, 0.1) is 6.92 Å². The molecule has 3 nitrogen and oxygen atoms in total. The molecule has 0 atom stereocenters. The maximum absolute atomic E-state index is 11.6. The second kappa shape index (κ2) is 6.12. The Hall–Kier alpha value is -1.77. The minimum atomic E-state index is -0.828. The zero-order valence-electron chi connectivity index (χ0n) is 12.6. The molecule has 0 spiro atoms. The zero-order chi connectivity index (χ0) is 14.7. The van der Waals surface area contributed by atoms with Gasteiger partial charge in [0.15, 0.2) is 0 Å². The molecule has 1 heterocycles. The third kappa shape index (κ3) is 2.58. The molecule has 0 aliphatic heterocycles. The third-order valence-electron chi connectivity index (χ3n) is 3.81. The van der Waals surface area contributed by atoms with Gasteiger partial charge in [-0.2, -0.15) is 0 Å². The van der Waals surface area contributed by atoms with Gasteiger partial charge in [0.25, 0.3) is 0 Å². The van der Waals surface area contributed by atoms with E-state index in [2.05, 4.69) is 30.7 Å². The molecule has 0 saturated heterocycles. The molecule has 0 fully saturated rings. The Bertz CT molecular complexity index is 625. The Kier molecular flexibility index (Phi) is 4.48. The highest BCUT2D eigenvalue weighted by molar-refractivity contribution is 6.04. The van der Waals surface area contributed by atoms with Gasteiger partial charge < -0.3 is 9.67 Å². The van der Waals surface area contributed by atoms with Gasteiger partial charge in [-0.15, -0.1) is 0 Å². The van der Waals surface area contributed by atoms with E-state index in [1.807, 2.05) is 13.0 Å². The first kappa shape index (κ1) is 14.6. The van der Waals surface area contributed by atoms with Crippen LogP contribution in [0.2, 0.25) is 0 Å². The van der Waals surface area contributed by atoms with Gasteiger partial charge in [-0.1, -0.05) is 32.4 Å². The SMILES string of the molecule is CCCCc1cn(CCC)c2c(C(=O)O)c(C)ccc12. The second-order valence-corrected chi connectivity index (χ2v) is 5.41. The number of carbonyl (C=O) groups is 1. The van der Waals surface area contributed by atoms with Crippen LogP contribution in [0.15, 0.2) is 18.3 Å². The van der Waals surface area contributed by atoms with E-state index < -0.39 is 5.97 Å². The standard InChI is InChI=1S/C17H23NO2/c1-4-6-7-13-11-18(10-5-2)16-14(13)9-8-12(3)15(16)17(19)20/h8-9,11H,4-7,10H2,1-3H3,(H,19,20). The van der Waals surface area contributed by atoms with Crippen LogP contribution in [-0.4, -0.2) is 15.6 Å². The summed E-state index contributed by atoms with van der Waals surface area (Å²) in [6.07, 6.45) is 6.46. The van der Waals surface area contributed by atoms with Crippen molar-refractivity contribution in [2.24, 2.45) is 0 Å². The highest BCUT2D eigenvalue weighted by Crippen LogP contribution is 2.28. The molecule has 0 aliphatic carbocycles. The lowest BCUT2D eigenvalue weighted by Crippen LogP contribution is -2.05. The van der Waals surface area contributed by atoms with Crippen LogP contribution in [0.3, 0.4) is 0 Å². The van der Waals surface area contributed by atoms with Crippen molar-refractivity contribution in [1.29, 1.82) is 0 Å². The van der Waals surface area contributed by atoms with Crippen molar-refractivity contribution in [3.8, 4) is 0 Å². The Morgan fingerprint density at radius 2 is 2.00 bits per heavy atom. The number of aromatic carboxylic acids is 1. The predicted molar refractivity (Wildman–Crippen MR) is 82.5 cm³/mol. The molecule has 0 aliphatic rings. The van der Waals surface area contributed by atoms with Crippen LogP contribution in [0.5, 0.6) is 0 Å². The molecule has 1 aromatic carbocycles. The molecule has 0 bridgehead atoms. The van der Waals surface area contributed by atoms with E-state index in [4.69, 9.17) is 0 Å². The maximum Gasteiger partial charge on any atom is 0.338 e. The summed E-state index contributed by atoms with van der Waals surface area (Å²) < 4.78 is 2.12. The van der Waals surface area contributed by atoms with Crippen LogP contribution in [0.25, 0.3) is 10.9 Å². The number of aromatic nitrogens is 1. The average Bonchev–Trinajstić information content (AvgIpc) is 2.74. The number of nitrogens with zero attached hydrogens (tertiary/aromatic N) is 1. The Balaban J connectivity index is 2.68. The smallest absolute Gasteiger partial charge is 0.338 e. The first-order valence-corrected chi connectivity index (χ1v) is 7.44. The molecule has 3 heteroatoms. The van der Waals surface area contributed by atoms with Crippen LogP contribution in [-0.2, 0) is 13.0 Å². The summed E-state index contributed by atoms with van der Waals surface area (Å²) in [6.45, 7) is 7.04. The van der Waals surface area contributed by atoms with Crippen molar-refractivity contribution in [3.05, 3.63) is 35.0 Å². The number of rotatable bonds is 6. The Labute approximate surface area is 120 Å². The fraction of sp³-hybridized carbons (Fsp3) is 0.471. The number of hydrogen-bond acceptors (Lipinski definition) is 1. The summed E-state index contributed by atoms with van der Waals surface area (Å²) >= 11 is 0. The lowest BCUT2D eigenvalue weighted by molar-refractivity contribution is 0.0698. The molecule has 1 aromatic heterocycles. The fourth-order valence-corrected chi connectivity index (χ4v) is 2.83. The number of carboxylic acid groups (broad SMARTS) is 1. The van der Waals surface area contributed by atoms with Gasteiger partial charge in [-0.3, -0.25) is 0 Å². The highest BCUT2D eigenvalue weighted by atomic mass is 16.4. The van der Waals surface area contributed by atoms with Gasteiger partial charge in [0.2, 0.25) is 0 Å².